The maximum absolute atomic E-state index is 5.20. The van der Waals surface area contributed by atoms with Crippen LogP contribution in [0.4, 0.5) is 0 Å². The summed E-state index contributed by atoms with van der Waals surface area (Å²) in [4.78, 5) is 0. The van der Waals surface area contributed by atoms with E-state index >= 15 is 0 Å². The average Bonchev–Trinajstić information content (AvgIpc) is 2.08. The normalized spacial score (nSPS) is 14.4. The van der Waals surface area contributed by atoms with E-state index in [2.05, 4.69) is 33.0 Å². The van der Waals surface area contributed by atoms with E-state index < -0.39 is 0 Å². The van der Waals surface area contributed by atoms with Gasteiger partial charge in [-0.1, -0.05) is 27.7 Å². The molecule has 0 amide bonds. The van der Waals surface area contributed by atoms with E-state index in [-0.39, 0.29) is 0 Å². The van der Waals surface area contributed by atoms with Crippen molar-refractivity contribution in [2.75, 3.05) is 20.3 Å². The summed E-state index contributed by atoms with van der Waals surface area (Å²) in [5.41, 5.74) is 0.430. The van der Waals surface area contributed by atoms with Gasteiger partial charge in [0.25, 0.3) is 0 Å². The molecule has 0 rings (SSSR count). The Bertz CT molecular complexity index is 129. The molecule has 0 aromatic heterocycles. The second kappa shape index (κ2) is 7.24. The Morgan fingerprint density at radius 3 is 2.36 bits per heavy atom. The lowest BCUT2D eigenvalue weighted by molar-refractivity contribution is 0.155. The monoisotopic (exact) mass is 201 g/mol. The third-order valence-electron chi connectivity index (χ3n) is 2.29. The molecule has 1 atom stereocenters. The summed E-state index contributed by atoms with van der Waals surface area (Å²) < 4.78 is 5.20. The van der Waals surface area contributed by atoms with E-state index in [1.165, 1.54) is 19.3 Å². The van der Waals surface area contributed by atoms with Gasteiger partial charge in [0.2, 0.25) is 0 Å². The van der Waals surface area contributed by atoms with Crippen LogP contribution in [-0.2, 0) is 4.74 Å². The van der Waals surface area contributed by atoms with Crippen LogP contribution in [0, 0.1) is 5.41 Å². The van der Waals surface area contributed by atoms with Crippen LogP contribution in [0.15, 0.2) is 0 Å². The fourth-order valence-electron chi connectivity index (χ4n) is 1.40. The first-order chi connectivity index (χ1) is 6.49. The van der Waals surface area contributed by atoms with Crippen LogP contribution < -0.4 is 5.32 Å². The molecule has 1 N–H and O–H groups in total. The van der Waals surface area contributed by atoms with E-state index in [9.17, 15) is 0 Å². The molecule has 0 spiro atoms. The summed E-state index contributed by atoms with van der Waals surface area (Å²) in [5.74, 6) is 0. The minimum Gasteiger partial charge on any atom is -0.383 e. The van der Waals surface area contributed by atoms with Gasteiger partial charge in [0.1, 0.15) is 0 Å². The molecule has 0 heterocycles. The topological polar surface area (TPSA) is 21.3 Å². The van der Waals surface area contributed by atoms with Crippen LogP contribution >= 0.6 is 0 Å². The number of rotatable bonds is 7. The van der Waals surface area contributed by atoms with Gasteiger partial charge in [-0.2, -0.15) is 0 Å². The summed E-state index contributed by atoms with van der Waals surface area (Å²) in [6.07, 6.45) is 3.64. The van der Waals surface area contributed by atoms with Crippen molar-refractivity contribution in [3.8, 4) is 0 Å². The van der Waals surface area contributed by atoms with Crippen LogP contribution in [0.3, 0.4) is 0 Å². The van der Waals surface area contributed by atoms with Crippen molar-refractivity contribution in [3.63, 3.8) is 0 Å². The Morgan fingerprint density at radius 1 is 1.29 bits per heavy atom. The van der Waals surface area contributed by atoms with Crippen molar-refractivity contribution in [2.24, 2.45) is 5.41 Å². The predicted molar refractivity (Wildman–Crippen MR) is 62.6 cm³/mol. The van der Waals surface area contributed by atoms with Crippen molar-refractivity contribution in [2.45, 2.75) is 53.0 Å². The average molecular weight is 201 g/mol. The molecule has 0 aromatic carbocycles. The second-order valence-electron chi connectivity index (χ2n) is 5.21. The van der Waals surface area contributed by atoms with Crippen molar-refractivity contribution >= 4 is 0 Å². The highest BCUT2D eigenvalue weighted by Gasteiger charge is 2.14. The molecule has 86 valence electrons. The van der Waals surface area contributed by atoms with Crippen molar-refractivity contribution < 1.29 is 4.74 Å². The lowest BCUT2D eigenvalue weighted by atomic mass is 9.89. The van der Waals surface area contributed by atoms with Gasteiger partial charge in [-0.15, -0.1) is 0 Å². The zero-order valence-electron chi connectivity index (χ0n) is 10.5. The van der Waals surface area contributed by atoms with Crippen LogP contribution in [0.25, 0.3) is 0 Å². The Hall–Kier alpha value is -0.0800. The molecule has 0 saturated carbocycles. The van der Waals surface area contributed by atoms with Crippen molar-refractivity contribution in [1.82, 2.24) is 5.32 Å². The summed E-state index contributed by atoms with van der Waals surface area (Å²) in [7, 11) is 1.78. The molecule has 0 aliphatic rings. The van der Waals surface area contributed by atoms with Crippen LogP contribution in [0.5, 0.6) is 0 Å². The molecule has 0 radical (unpaired) electrons. The molecular weight excluding hydrogens is 174 g/mol. The maximum atomic E-state index is 5.20. The predicted octanol–water partition coefficient (Wildman–Crippen LogP) is 2.83. The highest BCUT2D eigenvalue weighted by Crippen LogP contribution is 2.21. The summed E-state index contributed by atoms with van der Waals surface area (Å²) in [5, 5.41) is 3.52. The molecule has 0 bridgehead atoms. The van der Waals surface area contributed by atoms with Gasteiger partial charge < -0.3 is 10.1 Å². The van der Waals surface area contributed by atoms with Gasteiger partial charge in [0, 0.05) is 13.2 Å². The first-order valence-electron chi connectivity index (χ1n) is 5.72. The van der Waals surface area contributed by atoms with E-state index in [1.54, 1.807) is 7.11 Å². The fourth-order valence-corrected chi connectivity index (χ4v) is 1.40. The number of methoxy groups -OCH3 is 1. The largest absolute Gasteiger partial charge is 0.383 e. The SMILES string of the molecule is CCCNC(CCC(C)(C)C)COC. The molecule has 1 unspecified atom stereocenters. The number of nitrogens with one attached hydrogen (secondary N) is 1. The van der Waals surface area contributed by atoms with Gasteiger partial charge in [-0.05, 0) is 31.2 Å². The first kappa shape index (κ1) is 13.9. The Balaban J connectivity index is 3.72. The standard InChI is InChI=1S/C12H27NO/c1-6-9-13-11(10-14-5)7-8-12(2,3)4/h11,13H,6-10H2,1-5H3. The lowest BCUT2D eigenvalue weighted by Gasteiger charge is -2.23. The number of hydrogen-bond donors (Lipinski definition) is 1. The lowest BCUT2D eigenvalue weighted by Crippen LogP contribution is -2.34. The van der Waals surface area contributed by atoms with E-state index in [4.69, 9.17) is 4.74 Å². The number of hydrogen-bond acceptors (Lipinski definition) is 2. The number of ether oxygens (including phenoxy) is 1. The quantitative estimate of drug-likeness (QED) is 0.684. The minimum atomic E-state index is 0.430. The molecule has 0 aromatic rings. The zero-order valence-corrected chi connectivity index (χ0v) is 10.5. The fraction of sp³-hybridized carbons (Fsp3) is 1.00. The molecule has 0 saturated heterocycles. The van der Waals surface area contributed by atoms with E-state index in [0.29, 0.717) is 11.5 Å². The molecule has 2 heteroatoms. The molecule has 2 nitrogen and oxygen atoms in total. The van der Waals surface area contributed by atoms with Crippen molar-refractivity contribution in [1.29, 1.82) is 0 Å². The summed E-state index contributed by atoms with van der Waals surface area (Å²) in [6, 6.07) is 0.527. The maximum Gasteiger partial charge on any atom is 0.0615 e. The van der Waals surface area contributed by atoms with E-state index in [0.717, 1.165) is 13.2 Å². The third kappa shape index (κ3) is 8.52. The molecule has 14 heavy (non-hydrogen) atoms. The first-order valence-corrected chi connectivity index (χ1v) is 5.72. The highest BCUT2D eigenvalue weighted by atomic mass is 16.5. The van der Waals surface area contributed by atoms with E-state index in [1.807, 2.05) is 0 Å². The summed E-state index contributed by atoms with van der Waals surface area (Å²) in [6.45, 7) is 11.0. The third-order valence-corrected chi connectivity index (χ3v) is 2.29. The Labute approximate surface area is 89.4 Å². The summed E-state index contributed by atoms with van der Waals surface area (Å²) >= 11 is 0. The van der Waals surface area contributed by atoms with Gasteiger partial charge >= 0.3 is 0 Å². The Kier molecular flexibility index (Phi) is 7.20. The van der Waals surface area contributed by atoms with Crippen LogP contribution in [0.2, 0.25) is 0 Å². The zero-order chi connectivity index (χ0) is 11.0. The smallest absolute Gasteiger partial charge is 0.0615 e. The van der Waals surface area contributed by atoms with Gasteiger partial charge in [0.05, 0.1) is 6.61 Å². The molecule has 0 fully saturated rings. The van der Waals surface area contributed by atoms with Crippen molar-refractivity contribution in [3.05, 3.63) is 0 Å². The minimum absolute atomic E-state index is 0.430. The molecular formula is C12H27NO. The van der Waals surface area contributed by atoms with Crippen LogP contribution in [0.1, 0.15) is 47.0 Å². The Morgan fingerprint density at radius 2 is 1.93 bits per heavy atom. The van der Waals surface area contributed by atoms with Gasteiger partial charge in [-0.25, -0.2) is 0 Å². The molecule has 0 aliphatic carbocycles. The van der Waals surface area contributed by atoms with Crippen LogP contribution in [-0.4, -0.2) is 26.3 Å². The molecule has 0 aliphatic heterocycles. The van der Waals surface area contributed by atoms with Gasteiger partial charge in [-0.3, -0.25) is 0 Å². The van der Waals surface area contributed by atoms with Gasteiger partial charge in [0.15, 0.2) is 0 Å². The second-order valence-corrected chi connectivity index (χ2v) is 5.21. The highest BCUT2D eigenvalue weighted by molar-refractivity contribution is 4.70.